The van der Waals surface area contributed by atoms with Gasteiger partial charge < -0.3 is 47.0 Å². The molecule has 4 aromatic heterocycles. The first-order chi connectivity index (χ1) is 31.2. The number of benzene rings is 4. The molecule has 0 spiro atoms. The van der Waals surface area contributed by atoms with Crippen LogP contribution in [-0.4, -0.2) is 103 Å². The molecule has 0 saturated carbocycles. The number of anilines is 3. The minimum Gasteiger partial charge on any atom is -0.594 e. The van der Waals surface area contributed by atoms with E-state index in [9.17, 15) is 20.8 Å². The number of para-hydroxylation sites is 4. The molecule has 5 heterocycles. The van der Waals surface area contributed by atoms with E-state index in [2.05, 4.69) is 55.9 Å². The van der Waals surface area contributed by atoms with Gasteiger partial charge in [0.05, 0.1) is 15.3 Å². The molecule has 22 heteroatoms. The average molecular weight is 906 g/mol. The number of aromatic nitrogens is 12. The van der Waals surface area contributed by atoms with Gasteiger partial charge in [-0.05, 0) is 123 Å². The van der Waals surface area contributed by atoms with Crippen molar-refractivity contribution in [1.82, 2.24) is 50.1 Å². The molecule has 0 amide bonds. The molecule has 4 aromatic carbocycles. The molecule has 1 aliphatic heterocycles. The van der Waals surface area contributed by atoms with Gasteiger partial charge in [0.25, 0.3) is 45.2 Å². The van der Waals surface area contributed by atoms with Crippen molar-refractivity contribution in [2.45, 2.75) is 47.0 Å². The summed E-state index contributed by atoms with van der Waals surface area (Å²) in [6.45, 7) is 13.0. The highest BCUT2D eigenvalue weighted by molar-refractivity contribution is 6.28. The Bertz CT molecular complexity index is 2810. The topological polar surface area (TPSA) is 267 Å². The molecule has 0 aliphatic carbocycles. The zero-order chi connectivity index (χ0) is 46.6. The van der Waals surface area contributed by atoms with Gasteiger partial charge in [0.15, 0.2) is 0 Å². The lowest BCUT2D eigenvalue weighted by Crippen LogP contribution is -2.36. The number of nitrogens with two attached hydrogens (primary N) is 1. The average Bonchev–Trinajstić information content (AvgIpc) is 3.24. The number of nitrogens with one attached hydrogen (secondary N) is 2. The van der Waals surface area contributed by atoms with Crippen molar-refractivity contribution in [3.63, 3.8) is 0 Å². The molecule has 4 N–H and O–H groups in total. The van der Waals surface area contributed by atoms with E-state index in [-0.39, 0.29) is 11.2 Å². The second-order valence-corrected chi connectivity index (χ2v) is 15.9. The summed E-state index contributed by atoms with van der Waals surface area (Å²) in [6.07, 6.45) is 3.91. The van der Waals surface area contributed by atoms with Gasteiger partial charge in [-0.3, -0.25) is 0 Å². The van der Waals surface area contributed by atoms with Gasteiger partial charge in [0.2, 0.25) is 0 Å². The molecule has 1 saturated heterocycles. The molecule has 1 fully saturated rings. The van der Waals surface area contributed by atoms with Crippen LogP contribution in [0.5, 0.6) is 0 Å². The fourth-order valence-electron chi connectivity index (χ4n) is 7.06. The van der Waals surface area contributed by atoms with Gasteiger partial charge in [0, 0.05) is 53.5 Å². The van der Waals surface area contributed by atoms with Crippen molar-refractivity contribution in [2.75, 3.05) is 69.7 Å². The highest BCUT2D eigenvalue weighted by Gasteiger charge is 2.16. The van der Waals surface area contributed by atoms with Crippen molar-refractivity contribution in [3.05, 3.63) is 121 Å². The normalized spacial score (nSPS) is 12.6. The zero-order valence-electron chi connectivity index (χ0n) is 37.1. The summed E-state index contributed by atoms with van der Waals surface area (Å²) >= 11 is 5.53. The summed E-state index contributed by atoms with van der Waals surface area (Å²) in [5.41, 5.74) is 13.3. The summed E-state index contributed by atoms with van der Waals surface area (Å²) in [7, 11) is 3.97. The number of nitrogen functional groups attached to an aromatic ring is 1. The summed E-state index contributed by atoms with van der Waals surface area (Å²) in [5.74, 6) is 0.762. The van der Waals surface area contributed by atoms with Crippen LogP contribution in [0.25, 0.3) is 44.1 Å². The van der Waals surface area contributed by atoms with Gasteiger partial charge >= 0.3 is 0 Å². The van der Waals surface area contributed by atoms with Crippen LogP contribution in [0.2, 0.25) is 5.28 Å². The Morgan fingerprint density at radius 1 is 0.569 bits per heavy atom. The van der Waals surface area contributed by atoms with E-state index in [1.807, 2.05) is 107 Å². The fraction of sp³-hybridized carbons (Fsp3) is 0.349. The highest BCUT2D eigenvalue weighted by atomic mass is 35.5. The van der Waals surface area contributed by atoms with E-state index in [0.29, 0.717) is 82.0 Å². The Kier molecular flexibility index (Phi) is 15.9. The molecule has 65 heavy (non-hydrogen) atoms. The zero-order valence-corrected chi connectivity index (χ0v) is 37.9. The Morgan fingerprint density at radius 3 is 1.43 bits per heavy atom. The number of halogens is 1. The Morgan fingerprint density at radius 2 is 0.969 bits per heavy atom. The van der Waals surface area contributed by atoms with Crippen LogP contribution in [-0.2, 0) is 0 Å². The molecule has 0 bridgehead atoms. The van der Waals surface area contributed by atoms with Crippen LogP contribution in [0.15, 0.2) is 72.8 Å². The monoisotopic (exact) mass is 905 g/mol. The molecule has 1 aliphatic rings. The predicted molar refractivity (Wildman–Crippen MR) is 248 cm³/mol. The smallest absolute Gasteiger partial charge is 0.290 e. The predicted octanol–water partition coefficient (Wildman–Crippen LogP) is 3.39. The number of aryl methyl sites for hydroxylation is 4. The summed E-state index contributed by atoms with van der Waals surface area (Å²) in [6, 6.07) is 22.0. The first-order valence-electron chi connectivity index (χ1n) is 20.9. The standard InChI is InChI=1S/C15H21N5O.C12H17N5O.C8H6ClN3O.C8H8N4O/c1-12-6-5-7-13-14(12)20(21)18-15(17-13)16-8-11-19-9-3-2-4-10-19;1-9-5-4-6-10-11(9)17(18)15-12(14-10)13-7-8-16(2)3;2*1-5-3-2-4-6-7(5)12(13)11-8(9)10-6/h5-7H,2-4,8-11H2,1H3,(H,16,17,18);4-6H,7-8H2,1-3H3,(H,13,14,15);2-4H,1H3;2-4H,1H3,(H2,9,10,11). The van der Waals surface area contributed by atoms with Crippen molar-refractivity contribution < 1.29 is 19.4 Å². The van der Waals surface area contributed by atoms with Gasteiger partial charge in [-0.25, -0.2) is 19.9 Å². The Hall–Kier alpha value is -7.23. The number of fused-ring (bicyclic) bond motifs is 4. The van der Waals surface area contributed by atoms with E-state index in [1.54, 1.807) is 12.1 Å². The van der Waals surface area contributed by atoms with Crippen LogP contribution in [0.3, 0.4) is 0 Å². The molecule has 8 aromatic rings. The number of likely N-dealkylation sites (tertiary alicyclic amines) is 1. The number of nitrogens with zero attached hydrogens (tertiary/aromatic N) is 14. The van der Waals surface area contributed by atoms with E-state index in [1.165, 1.54) is 32.4 Å². The second kappa shape index (κ2) is 21.9. The van der Waals surface area contributed by atoms with Crippen LogP contribution in [0, 0.1) is 48.5 Å². The molecular formula is C43H52ClN17O4. The van der Waals surface area contributed by atoms with E-state index < -0.39 is 0 Å². The van der Waals surface area contributed by atoms with Gasteiger partial charge in [-0.1, -0.05) is 55.0 Å². The third kappa shape index (κ3) is 12.5. The minimum atomic E-state index is -0.0342. The summed E-state index contributed by atoms with van der Waals surface area (Å²) in [5, 5.41) is 67.4. The van der Waals surface area contributed by atoms with Crippen molar-refractivity contribution in [3.8, 4) is 0 Å². The Labute approximate surface area is 379 Å². The van der Waals surface area contributed by atoms with E-state index in [4.69, 9.17) is 17.3 Å². The number of piperidine rings is 1. The number of hydrogen-bond acceptors (Lipinski definition) is 17. The van der Waals surface area contributed by atoms with Crippen LogP contribution in [0.4, 0.5) is 17.8 Å². The first-order valence-corrected chi connectivity index (χ1v) is 21.3. The number of rotatable bonds is 8. The van der Waals surface area contributed by atoms with Gasteiger partial charge in [-0.2, -0.15) is 0 Å². The lowest BCUT2D eigenvalue weighted by molar-refractivity contribution is -0.643. The second-order valence-electron chi connectivity index (χ2n) is 15.5. The number of likely N-dealkylation sites (N-methyl/N-ethyl adjacent to an activating group) is 1. The van der Waals surface area contributed by atoms with E-state index >= 15 is 0 Å². The van der Waals surface area contributed by atoms with Gasteiger partial charge in [-0.15, -0.1) is 0 Å². The molecule has 21 nitrogen and oxygen atoms in total. The molecule has 0 radical (unpaired) electrons. The van der Waals surface area contributed by atoms with Crippen LogP contribution in [0.1, 0.15) is 41.5 Å². The maximum absolute atomic E-state index is 12.0. The molecule has 9 rings (SSSR count). The van der Waals surface area contributed by atoms with E-state index in [0.717, 1.165) is 41.9 Å². The molecular weight excluding hydrogens is 854 g/mol. The quantitative estimate of drug-likeness (QED) is 0.146. The highest BCUT2D eigenvalue weighted by Crippen LogP contribution is 2.16. The third-order valence-electron chi connectivity index (χ3n) is 10.3. The molecule has 0 atom stereocenters. The fourth-order valence-corrected chi connectivity index (χ4v) is 7.22. The van der Waals surface area contributed by atoms with Crippen molar-refractivity contribution in [1.29, 1.82) is 0 Å². The first kappa shape index (κ1) is 47.3. The van der Waals surface area contributed by atoms with Crippen molar-refractivity contribution >= 4 is 73.6 Å². The SMILES string of the molecule is Cc1cccc2nc(Cl)n[n+]([O-])c12.Cc1cccc2nc(N)n[n+]([O-])c12.Cc1cccc2nc(NCCN(C)C)n[n+]([O-])c12.Cc1cccc2nc(NCCN3CCCCC3)n[n+]([O-])c12. The molecule has 340 valence electrons. The lowest BCUT2D eigenvalue weighted by Gasteiger charge is -2.26. The summed E-state index contributed by atoms with van der Waals surface area (Å²) < 4.78 is 0. The third-order valence-corrected chi connectivity index (χ3v) is 10.4. The maximum Gasteiger partial charge on any atom is 0.290 e. The van der Waals surface area contributed by atoms with Crippen LogP contribution >= 0.6 is 11.6 Å². The van der Waals surface area contributed by atoms with Crippen molar-refractivity contribution in [2.24, 2.45) is 0 Å². The van der Waals surface area contributed by atoms with Crippen LogP contribution < -0.4 is 35.7 Å². The Balaban J connectivity index is 0.000000147. The maximum atomic E-state index is 12.0. The van der Waals surface area contributed by atoms with Gasteiger partial charge in [0.1, 0.15) is 22.1 Å². The largest absolute Gasteiger partial charge is 0.594 e. The summed E-state index contributed by atoms with van der Waals surface area (Å²) in [4.78, 5) is 23.4. The number of hydrogen-bond donors (Lipinski definition) is 3. The molecule has 0 unspecified atom stereocenters. The minimum absolute atomic E-state index is 0.00639. The lowest BCUT2D eigenvalue weighted by atomic mass is 10.1.